The van der Waals surface area contributed by atoms with Gasteiger partial charge in [-0.1, -0.05) is 0 Å². The van der Waals surface area contributed by atoms with Gasteiger partial charge in [0.15, 0.2) is 17.4 Å². The van der Waals surface area contributed by atoms with Crippen LogP contribution in [0.1, 0.15) is 31.9 Å². The molecule has 0 atom stereocenters. The van der Waals surface area contributed by atoms with Crippen LogP contribution < -0.4 is 5.32 Å². The third-order valence-corrected chi connectivity index (χ3v) is 3.73. The fourth-order valence-corrected chi connectivity index (χ4v) is 2.53. The number of aliphatic hydroxyl groups is 1. The lowest BCUT2D eigenvalue weighted by Crippen LogP contribution is -2.42. The first-order valence-corrected chi connectivity index (χ1v) is 6.83. The molecule has 2 N–H and O–H groups in total. The van der Waals surface area contributed by atoms with E-state index in [4.69, 9.17) is 0 Å². The highest BCUT2D eigenvalue weighted by Crippen LogP contribution is 2.41. The molecule has 0 aromatic heterocycles. The average Bonchev–Trinajstić information content (AvgIpc) is 2.46. The highest BCUT2D eigenvalue weighted by molar-refractivity contribution is 6.28. The summed E-state index contributed by atoms with van der Waals surface area (Å²) in [6.45, 7) is 3.60. The number of nitrogens with one attached hydrogen (secondary N) is 1. The Kier molecular flexibility index (Phi) is 4.07. The van der Waals surface area contributed by atoms with E-state index in [1.54, 1.807) is 0 Å². The van der Waals surface area contributed by atoms with Crippen molar-refractivity contribution in [3.63, 3.8) is 0 Å². The molecule has 122 valence electrons. The molecule has 0 radical (unpaired) electrons. The summed E-state index contributed by atoms with van der Waals surface area (Å²) in [7, 11) is 0. The van der Waals surface area contributed by atoms with E-state index in [1.165, 1.54) is 20.8 Å². The molecule has 7 heteroatoms. The molecule has 1 aromatic rings. The van der Waals surface area contributed by atoms with E-state index in [9.17, 15) is 28.3 Å². The van der Waals surface area contributed by atoms with Crippen molar-refractivity contribution in [1.29, 1.82) is 0 Å². The minimum Gasteiger partial charge on any atom is -0.506 e. The van der Waals surface area contributed by atoms with Crippen molar-refractivity contribution < 1.29 is 28.3 Å². The number of fused-ring (bicyclic) bond motifs is 1. The highest BCUT2D eigenvalue weighted by atomic mass is 19.2. The van der Waals surface area contributed by atoms with Gasteiger partial charge in [0.05, 0.1) is 12.0 Å². The number of carbonyl (C=O) groups excluding carboxylic acids is 3. The van der Waals surface area contributed by atoms with Crippen LogP contribution in [0.3, 0.4) is 0 Å². The lowest BCUT2D eigenvalue weighted by molar-refractivity contribution is -0.126. The van der Waals surface area contributed by atoms with Crippen LogP contribution in [-0.4, -0.2) is 29.1 Å². The number of Topliss-reactive ketones (excluding diaryl/α,β-unsaturated/α-hetero) is 2. The maximum atomic E-state index is 14.1. The van der Waals surface area contributed by atoms with Crippen LogP contribution in [-0.2, 0) is 19.8 Å². The fourth-order valence-electron chi connectivity index (χ4n) is 2.53. The van der Waals surface area contributed by atoms with Crippen LogP contribution >= 0.6 is 0 Å². The van der Waals surface area contributed by atoms with Crippen molar-refractivity contribution in [2.75, 3.05) is 6.54 Å². The van der Waals surface area contributed by atoms with Gasteiger partial charge in [-0.15, -0.1) is 0 Å². The number of ketones is 2. The lowest BCUT2D eigenvalue weighted by Gasteiger charge is -2.32. The zero-order valence-corrected chi connectivity index (χ0v) is 12.8. The van der Waals surface area contributed by atoms with Gasteiger partial charge < -0.3 is 10.4 Å². The number of carbonyl (C=O) groups is 3. The van der Waals surface area contributed by atoms with Gasteiger partial charge in [-0.25, -0.2) is 8.78 Å². The first-order valence-electron chi connectivity index (χ1n) is 6.83. The largest absolute Gasteiger partial charge is 0.506 e. The Balaban J connectivity index is 2.64. The van der Waals surface area contributed by atoms with Crippen molar-refractivity contribution in [2.24, 2.45) is 0 Å². The molecule has 23 heavy (non-hydrogen) atoms. The van der Waals surface area contributed by atoms with E-state index in [1.807, 2.05) is 0 Å². The first-order chi connectivity index (χ1) is 10.6. The number of aliphatic hydroxyl groups excluding tert-OH is 1. The topological polar surface area (TPSA) is 83.5 Å². The Morgan fingerprint density at radius 2 is 1.87 bits per heavy atom. The predicted octanol–water partition coefficient (Wildman–Crippen LogP) is 1.80. The van der Waals surface area contributed by atoms with Gasteiger partial charge in [0.25, 0.3) is 5.91 Å². The van der Waals surface area contributed by atoms with E-state index in [2.05, 4.69) is 5.32 Å². The van der Waals surface area contributed by atoms with Gasteiger partial charge in [-0.05, 0) is 32.9 Å². The molecule has 0 fully saturated rings. The molecule has 1 aliphatic rings. The van der Waals surface area contributed by atoms with Crippen LogP contribution in [0.5, 0.6) is 0 Å². The fraction of sp³-hybridized carbons (Fsp3) is 0.312. The molecule has 0 heterocycles. The van der Waals surface area contributed by atoms with Gasteiger partial charge in [-0.3, -0.25) is 14.4 Å². The number of halogens is 2. The summed E-state index contributed by atoms with van der Waals surface area (Å²) in [6, 6.07) is 1.91. The van der Waals surface area contributed by atoms with Crippen molar-refractivity contribution in [3.05, 3.63) is 40.5 Å². The predicted molar refractivity (Wildman–Crippen MR) is 77.6 cm³/mol. The molecule has 0 aliphatic heterocycles. The van der Waals surface area contributed by atoms with Crippen LogP contribution in [0.25, 0.3) is 5.76 Å². The monoisotopic (exact) mass is 323 g/mol. The second-order valence-corrected chi connectivity index (χ2v) is 5.85. The van der Waals surface area contributed by atoms with Crippen LogP contribution in [0.4, 0.5) is 8.78 Å². The lowest BCUT2D eigenvalue weighted by atomic mass is 9.70. The normalized spacial score (nSPS) is 16.1. The van der Waals surface area contributed by atoms with E-state index in [0.29, 0.717) is 0 Å². The summed E-state index contributed by atoms with van der Waals surface area (Å²) >= 11 is 0. The highest BCUT2D eigenvalue weighted by Gasteiger charge is 2.45. The van der Waals surface area contributed by atoms with Crippen molar-refractivity contribution in [1.82, 2.24) is 5.32 Å². The summed E-state index contributed by atoms with van der Waals surface area (Å²) in [5.74, 6) is -5.25. The van der Waals surface area contributed by atoms with Gasteiger partial charge in [0, 0.05) is 11.1 Å². The molecular weight excluding hydrogens is 308 g/mol. The zero-order chi connectivity index (χ0) is 17.5. The second-order valence-electron chi connectivity index (χ2n) is 5.85. The van der Waals surface area contributed by atoms with Crippen LogP contribution in [0.15, 0.2) is 17.7 Å². The average molecular weight is 323 g/mol. The molecule has 0 spiro atoms. The molecule has 0 unspecified atom stereocenters. The molecule has 0 saturated heterocycles. The molecule has 5 nitrogen and oxygen atoms in total. The van der Waals surface area contributed by atoms with E-state index >= 15 is 0 Å². The summed E-state index contributed by atoms with van der Waals surface area (Å²) in [6.07, 6.45) is 0. The summed E-state index contributed by atoms with van der Waals surface area (Å²) in [5, 5.41) is 12.4. The number of rotatable bonds is 3. The van der Waals surface area contributed by atoms with Crippen LogP contribution in [0.2, 0.25) is 0 Å². The SMILES string of the molecule is CC(=O)CNC(=O)C1=C(O)c2ccc(F)c(F)c2C(C)(C)C1=O. The zero-order valence-electron chi connectivity index (χ0n) is 12.8. The summed E-state index contributed by atoms with van der Waals surface area (Å²) in [5.41, 5.74) is -2.55. The van der Waals surface area contributed by atoms with Crippen molar-refractivity contribution >= 4 is 23.2 Å². The number of benzene rings is 1. The Labute approximate surface area is 131 Å². The van der Waals surface area contributed by atoms with Gasteiger partial charge in [-0.2, -0.15) is 0 Å². The van der Waals surface area contributed by atoms with Gasteiger partial charge in [0.2, 0.25) is 0 Å². The molecule has 0 saturated carbocycles. The minimum absolute atomic E-state index is 0.124. The van der Waals surface area contributed by atoms with Gasteiger partial charge in [0.1, 0.15) is 17.1 Å². The maximum Gasteiger partial charge on any atom is 0.259 e. The molecule has 1 aromatic carbocycles. The minimum atomic E-state index is -1.54. The first kappa shape index (κ1) is 16.8. The standard InChI is InChI=1S/C16H15F2NO4/c1-7(20)6-19-15(23)10-13(21)8-4-5-9(17)12(18)11(8)16(2,3)14(10)22/h4-5,21H,6H2,1-3H3,(H,19,23). The molecule has 1 amide bonds. The number of hydrogen-bond acceptors (Lipinski definition) is 4. The molecule has 2 rings (SSSR count). The summed E-state index contributed by atoms with van der Waals surface area (Å²) < 4.78 is 27.6. The molecule has 1 aliphatic carbocycles. The Morgan fingerprint density at radius 3 is 2.43 bits per heavy atom. The van der Waals surface area contributed by atoms with E-state index in [0.717, 1.165) is 12.1 Å². The smallest absolute Gasteiger partial charge is 0.259 e. The molecular formula is C16H15F2NO4. The quantitative estimate of drug-likeness (QED) is 0.831. The maximum absolute atomic E-state index is 14.1. The van der Waals surface area contributed by atoms with Crippen molar-refractivity contribution in [3.8, 4) is 0 Å². The Morgan fingerprint density at radius 1 is 1.26 bits per heavy atom. The van der Waals surface area contributed by atoms with Gasteiger partial charge >= 0.3 is 0 Å². The Bertz CT molecular complexity index is 766. The number of amides is 1. The second kappa shape index (κ2) is 5.57. The third kappa shape index (κ3) is 2.62. The third-order valence-electron chi connectivity index (χ3n) is 3.73. The number of hydrogen-bond donors (Lipinski definition) is 2. The van der Waals surface area contributed by atoms with E-state index in [-0.39, 0.29) is 23.5 Å². The molecule has 0 bridgehead atoms. The Hall–Kier alpha value is -2.57. The van der Waals surface area contributed by atoms with E-state index < -0.39 is 40.1 Å². The summed E-state index contributed by atoms with van der Waals surface area (Å²) in [4.78, 5) is 35.6. The van der Waals surface area contributed by atoms with Crippen molar-refractivity contribution in [2.45, 2.75) is 26.2 Å². The van der Waals surface area contributed by atoms with Crippen LogP contribution in [0, 0.1) is 11.6 Å².